The van der Waals surface area contributed by atoms with Crippen LogP contribution >= 0.6 is 11.3 Å². The SMILES string of the molecule is COc1ccccc1Nc1nc(-c2cnn(-c3ccccc3)c2C)cs1. The molecule has 0 bridgehead atoms. The Morgan fingerprint density at radius 1 is 1.04 bits per heavy atom. The molecule has 0 saturated heterocycles. The molecule has 2 aromatic carbocycles. The van der Waals surface area contributed by atoms with Crippen molar-refractivity contribution >= 4 is 22.2 Å². The normalized spacial score (nSPS) is 10.7. The average molecular weight is 362 g/mol. The first kappa shape index (κ1) is 16.4. The molecule has 26 heavy (non-hydrogen) atoms. The van der Waals surface area contributed by atoms with Crippen LogP contribution in [0, 0.1) is 6.92 Å². The highest BCUT2D eigenvalue weighted by molar-refractivity contribution is 7.14. The molecule has 0 amide bonds. The van der Waals surface area contributed by atoms with Gasteiger partial charge in [-0.25, -0.2) is 9.67 Å². The summed E-state index contributed by atoms with van der Waals surface area (Å²) in [4.78, 5) is 4.72. The molecule has 0 aliphatic rings. The van der Waals surface area contributed by atoms with Gasteiger partial charge in [-0.15, -0.1) is 11.3 Å². The van der Waals surface area contributed by atoms with Crippen molar-refractivity contribution < 1.29 is 4.74 Å². The zero-order chi connectivity index (χ0) is 17.9. The Morgan fingerprint density at radius 3 is 2.62 bits per heavy atom. The second-order valence-electron chi connectivity index (χ2n) is 5.75. The molecule has 0 aliphatic heterocycles. The van der Waals surface area contributed by atoms with Crippen LogP contribution in [0.3, 0.4) is 0 Å². The number of methoxy groups -OCH3 is 1. The molecule has 0 unspecified atom stereocenters. The first-order valence-corrected chi connectivity index (χ1v) is 9.10. The highest BCUT2D eigenvalue weighted by Gasteiger charge is 2.13. The molecule has 2 aromatic heterocycles. The summed E-state index contributed by atoms with van der Waals surface area (Å²) < 4.78 is 7.31. The van der Waals surface area contributed by atoms with Gasteiger partial charge in [-0.1, -0.05) is 30.3 Å². The van der Waals surface area contributed by atoms with Crippen LogP contribution in [0.1, 0.15) is 5.69 Å². The van der Waals surface area contributed by atoms with Crippen molar-refractivity contribution in [2.45, 2.75) is 6.92 Å². The van der Waals surface area contributed by atoms with Crippen LogP contribution in [0.15, 0.2) is 66.2 Å². The van der Waals surface area contributed by atoms with Crippen molar-refractivity contribution in [3.8, 4) is 22.7 Å². The fraction of sp³-hybridized carbons (Fsp3) is 0.100. The van der Waals surface area contributed by atoms with E-state index in [-0.39, 0.29) is 0 Å². The van der Waals surface area contributed by atoms with Gasteiger partial charge in [0, 0.05) is 10.9 Å². The van der Waals surface area contributed by atoms with Crippen LogP contribution in [0.5, 0.6) is 5.75 Å². The number of ether oxygens (including phenoxy) is 1. The first-order chi connectivity index (χ1) is 12.8. The van der Waals surface area contributed by atoms with Gasteiger partial charge < -0.3 is 10.1 Å². The summed E-state index contributed by atoms with van der Waals surface area (Å²) in [5.74, 6) is 0.789. The van der Waals surface area contributed by atoms with Crippen molar-refractivity contribution in [3.05, 3.63) is 71.9 Å². The van der Waals surface area contributed by atoms with Gasteiger partial charge in [0.1, 0.15) is 5.75 Å². The van der Waals surface area contributed by atoms with E-state index in [9.17, 15) is 0 Å². The minimum absolute atomic E-state index is 0.789. The van der Waals surface area contributed by atoms with E-state index in [0.29, 0.717) is 0 Å². The van der Waals surface area contributed by atoms with Gasteiger partial charge in [-0.05, 0) is 31.2 Å². The van der Waals surface area contributed by atoms with E-state index in [1.807, 2.05) is 70.9 Å². The number of hydrogen-bond donors (Lipinski definition) is 1. The van der Waals surface area contributed by atoms with E-state index in [0.717, 1.165) is 39.2 Å². The number of rotatable bonds is 5. The molecular formula is C20H18N4OS. The fourth-order valence-electron chi connectivity index (χ4n) is 2.81. The van der Waals surface area contributed by atoms with Gasteiger partial charge in [0.25, 0.3) is 0 Å². The summed E-state index contributed by atoms with van der Waals surface area (Å²) in [6, 6.07) is 17.9. The number of aromatic nitrogens is 3. The Kier molecular flexibility index (Phi) is 4.41. The molecule has 4 aromatic rings. The van der Waals surface area contributed by atoms with Gasteiger partial charge in [-0.2, -0.15) is 5.10 Å². The van der Waals surface area contributed by atoms with Crippen LogP contribution < -0.4 is 10.1 Å². The predicted molar refractivity (Wildman–Crippen MR) is 106 cm³/mol. The number of benzene rings is 2. The van der Waals surface area contributed by atoms with Gasteiger partial charge in [-0.3, -0.25) is 0 Å². The van der Waals surface area contributed by atoms with E-state index in [1.54, 1.807) is 18.4 Å². The standard InChI is InChI=1S/C20H18N4OS/c1-14-16(12-21-24(14)15-8-4-3-5-9-15)18-13-26-20(23-18)22-17-10-6-7-11-19(17)25-2/h3-13H,1-2H3,(H,22,23). The minimum Gasteiger partial charge on any atom is -0.495 e. The van der Waals surface area contributed by atoms with E-state index in [4.69, 9.17) is 9.72 Å². The van der Waals surface area contributed by atoms with Gasteiger partial charge in [0.2, 0.25) is 0 Å². The van der Waals surface area contributed by atoms with Crippen molar-refractivity contribution in [2.24, 2.45) is 0 Å². The largest absolute Gasteiger partial charge is 0.495 e. The molecule has 2 heterocycles. The summed E-state index contributed by atoms with van der Waals surface area (Å²) in [5, 5.41) is 10.7. The Balaban J connectivity index is 1.62. The first-order valence-electron chi connectivity index (χ1n) is 8.22. The average Bonchev–Trinajstić information content (AvgIpc) is 3.29. The molecule has 0 atom stereocenters. The topological polar surface area (TPSA) is 52.0 Å². The van der Waals surface area contributed by atoms with Gasteiger partial charge in [0.15, 0.2) is 5.13 Å². The minimum atomic E-state index is 0.789. The number of para-hydroxylation sites is 3. The molecule has 4 rings (SSSR count). The molecular weight excluding hydrogens is 344 g/mol. The fourth-order valence-corrected chi connectivity index (χ4v) is 3.53. The summed E-state index contributed by atoms with van der Waals surface area (Å²) in [6.45, 7) is 2.06. The third kappa shape index (κ3) is 3.07. The van der Waals surface area contributed by atoms with E-state index < -0.39 is 0 Å². The zero-order valence-corrected chi connectivity index (χ0v) is 15.3. The number of nitrogens with zero attached hydrogens (tertiary/aromatic N) is 3. The molecule has 0 spiro atoms. The van der Waals surface area contributed by atoms with Crippen molar-refractivity contribution in [1.29, 1.82) is 0 Å². The molecule has 6 heteroatoms. The number of hydrogen-bond acceptors (Lipinski definition) is 5. The molecule has 0 radical (unpaired) electrons. The lowest BCUT2D eigenvalue weighted by molar-refractivity contribution is 0.417. The van der Waals surface area contributed by atoms with Crippen LogP contribution in [0.4, 0.5) is 10.8 Å². The van der Waals surface area contributed by atoms with E-state index in [1.165, 1.54) is 0 Å². The number of nitrogens with one attached hydrogen (secondary N) is 1. The molecule has 0 aliphatic carbocycles. The van der Waals surface area contributed by atoms with E-state index in [2.05, 4.69) is 17.3 Å². The smallest absolute Gasteiger partial charge is 0.187 e. The third-order valence-corrected chi connectivity index (χ3v) is 4.90. The Morgan fingerprint density at radius 2 is 1.81 bits per heavy atom. The van der Waals surface area contributed by atoms with Crippen LogP contribution in [-0.4, -0.2) is 21.9 Å². The zero-order valence-electron chi connectivity index (χ0n) is 14.5. The van der Waals surface area contributed by atoms with Crippen LogP contribution in [-0.2, 0) is 0 Å². The predicted octanol–water partition coefficient (Wildman–Crippen LogP) is 5.06. The number of anilines is 2. The van der Waals surface area contributed by atoms with Gasteiger partial charge in [0.05, 0.1) is 36.1 Å². The van der Waals surface area contributed by atoms with Gasteiger partial charge >= 0.3 is 0 Å². The van der Waals surface area contributed by atoms with Crippen molar-refractivity contribution in [1.82, 2.24) is 14.8 Å². The van der Waals surface area contributed by atoms with Crippen LogP contribution in [0.25, 0.3) is 16.9 Å². The monoisotopic (exact) mass is 362 g/mol. The highest BCUT2D eigenvalue weighted by Crippen LogP contribution is 2.32. The lowest BCUT2D eigenvalue weighted by Gasteiger charge is -2.08. The maximum Gasteiger partial charge on any atom is 0.187 e. The molecule has 1 N–H and O–H groups in total. The quantitative estimate of drug-likeness (QED) is 0.539. The third-order valence-electron chi connectivity index (χ3n) is 4.14. The molecule has 5 nitrogen and oxygen atoms in total. The van der Waals surface area contributed by atoms with E-state index >= 15 is 0 Å². The maximum absolute atomic E-state index is 5.38. The van der Waals surface area contributed by atoms with Crippen molar-refractivity contribution in [3.63, 3.8) is 0 Å². The summed E-state index contributed by atoms with van der Waals surface area (Å²) >= 11 is 1.56. The maximum atomic E-state index is 5.38. The van der Waals surface area contributed by atoms with Crippen LogP contribution in [0.2, 0.25) is 0 Å². The molecule has 0 fully saturated rings. The lowest BCUT2D eigenvalue weighted by Crippen LogP contribution is -1.98. The molecule has 0 saturated carbocycles. The Labute approximate surface area is 155 Å². The highest BCUT2D eigenvalue weighted by atomic mass is 32.1. The summed E-state index contributed by atoms with van der Waals surface area (Å²) in [5.41, 5.74) is 4.93. The van der Waals surface area contributed by atoms with Crippen molar-refractivity contribution in [2.75, 3.05) is 12.4 Å². The Hall–Kier alpha value is -3.12. The summed E-state index contributed by atoms with van der Waals surface area (Å²) in [7, 11) is 1.66. The second-order valence-corrected chi connectivity index (χ2v) is 6.61. The Bertz CT molecular complexity index is 1020. The summed E-state index contributed by atoms with van der Waals surface area (Å²) in [6.07, 6.45) is 1.87. The second kappa shape index (κ2) is 7.01. The lowest BCUT2D eigenvalue weighted by atomic mass is 10.2. The molecule has 130 valence electrons. The number of thiazole rings is 1.